The van der Waals surface area contributed by atoms with E-state index < -0.39 is 0 Å². The molecule has 1 aromatic carbocycles. The minimum absolute atomic E-state index is 0.454. The maximum Gasteiger partial charge on any atom is 0.166 e. The van der Waals surface area contributed by atoms with Gasteiger partial charge in [-0.3, -0.25) is 0 Å². The van der Waals surface area contributed by atoms with Crippen molar-refractivity contribution in [3.63, 3.8) is 0 Å². The summed E-state index contributed by atoms with van der Waals surface area (Å²) in [5.41, 5.74) is 9.40. The first-order valence-electron chi connectivity index (χ1n) is 5.13. The maximum atomic E-state index is 5.53. The number of anilines is 1. The van der Waals surface area contributed by atoms with Crippen LogP contribution in [-0.4, -0.2) is 15.0 Å². The van der Waals surface area contributed by atoms with Gasteiger partial charge in [-0.05, 0) is 42.5 Å². The smallest absolute Gasteiger partial charge is 0.166 e. The second-order valence-electron chi connectivity index (χ2n) is 3.87. The second kappa shape index (κ2) is 3.08. The summed E-state index contributed by atoms with van der Waals surface area (Å²) in [6.45, 7) is 0. The van der Waals surface area contributed by atoms with Gasteiger partial charge in [-0.2, -0.15) is 5.10 Å². The molecule has 2 aromatic rings. The van der Waals surface area contributed by atoms with E-state index in [9.17, 15) is 0 Å². The van der Waals surface area contributed by atoms with Crippen LogP contribution in [0.1, 0.15) is 17.5 Å². The lowest BCUT2D eigenvalue weighted by Crippen LogP contribution is -2.00. The highest BCUT2D eigenvalue weighted by atomic mass is 15.5. The molecule has 4 heteroatoms. The Morgan fingerprint density at radius 2 is 2.07 bits per heavy atom. The Kier molecular flexibility index (Phi) is 1.74. The molecule has 15 heavy (non-hydrogen) atoms. The van der Waals surface area contributed by atoms with E-state index >= 15 is 0 Å². The fourth-order valence-corrected chi connectivity index (χ4v) is 2.08. The third-order valence-electron chi connectivity index (χ3n) is 2.82. The fraction of sp³-hybridized carbons (Fsp3) is 0.273. The molecule has 1 aliphatic carbocycles. The summed E-state index contributed by atoms with van der Waals surface area (Å²) >= 11 is 0. The lowest BCUT2D eigenvalue weighted by Gasteiger charge is -2.03. The number of nitrogens with zero attached hydrogens (tertiary/aromatic N) is 3. The third kappa shape index (κ3) is 1.38. The van der Waals surface area contributed by atoms with E-state index in [-0.39, 0.29) is 0 Å². The first kappa shape index (κ1) is 8.47. The summed E-state index contributed by atoms with van der Waals surface area (Å²) in [5.74, 6) is 0.454. The van der Waals surface area contributed by atoms with Crippen molar-refractivity contribution in [3.8, 4) is 5.69 Å². The molecule has 0 amide bonds. The Bertz CT molecular complexity index is 501. The summed E-state index contributed by atoms with van der Waals surface area (Å²) in [6.07, 6.45) is 5.19. The summed E-state index contributed by atoms with van der Waals surface area (Å²) in [7, 11) is 0. The Labute approximate surface area is 87.7 Å². The zero-order valence-corrected chi connectivity index (χ0v) is 8.35. The lowest BCUT2D eigenvalue weighted by atomic mass is 10.1. The predicted octanol–water partition coefficient (Wildman–Crippen LogP) is 1.34. The molecule has 1 heterocycles. The number of aromatic nitrogens is 3. The summed E-state index contributed by atoms with van der Waals surface area (Å²) < 4.78 is 0. The van der Waals surface area contributed by atoms with Crippen molar-refractivity contribution in [2.45, 2.75) is 19.3 Å². The van der Waals surface area contributed by atoms with Gasteiger partial charge in [-0.15, -0.1) is 9.90 Å². The van der Waals surface area contributed by atoms with Crippen LogP contribution in [0.2, 0.25) is 0 Å². The molecule has 0 aliphatic heterocycles. The van der Waals surface area contributed by atoms with Gasteiger partial charge in [-0.1, -0.05) is 6.07 Å². The van der Waals surface area contributed by atoms with Gasteiger partial charge in [0.1, 0.15) is 0 Å². The molecule has 3 rings (SSSR count). The maximum absolute atomic E-state index is 5.53. The summed E-state index contributed by atoms with van der Waals surface area (Å²) in [4.78, 5) is 1.58. The number of aryl methyl sites for hydroxylation is 2. The van der Waals surface area contributed by atoms with Crippen molar-refractivity contribution in [1.82, 2.24) is 15.0 Å². The predicted molar refractivity (Wildman–Crippen MR) is 57.8 cm³/mol. The molecule has 0 fully saturated rings. The second-order valence-corrected chi connectivity index (χ2v) is 3.87. The van der Waals surface area contributed by atoms with Crippen LogP contribution in [0.4, 0.5) is 5.82 Å². The number of benzene rings is 1. The molecule has 76 valence electrons. The molecule has 0 atom stereocenters. The van der Waals surface area contributed by atoms with Crippen molar-refractivity contribution in [1.29, 1.82) is 0 Å². The quantitative estimate of drug-likeness (QED) is 0.755. The van der Waals surface area contributed by atoms with E-state index in [1.807, 2.05) is 6.07 Å². The van der Waals surface area contributed by atoms with Crippen molar-refractivity contribution in [2.75, 3.05) is 5.73 Å². The fourth-order valence-electron chi connectivity index (χ4n) is 2.08. The minimum atomic E-state index is 0.454. The monoisotopic (exact) mass is 200 g/mol. The number of rotatable bonds is 1. The Hall–Kier alpha value is -1.84. The van der Waals surface area contributed by atoms with Crippen LogP contribution < -0.4 is 5.73 Å². The van der Waals surface area contributed by atoms with E-state index in [2.05, 4.69) is 22.3 Å². The molecule has 0 saturated carbocycles. The van der Waals surface area contributed by atoms with Crippen LogP contribution in [0.15, 0.2) is 24.4 Å². The van der Waals surface area contributed by atoms with Crippen LogP contribution in [0.3, 0.4) is 0 Å². The first-order chi connectivity index (χ1) is 7.33. The molecule has 1 aliphatic rings. The molecule has 2 N–H and O–H groups in total. The van der Waals surface area contributed by atoms with Crippen LogP contribution >= 0.6 is 0 Å². The molecule has 0 unspecified atom stereocenters. The van der Waals surface area contributed by atoms with E-state index in [1.165, 1.54) is 30.4 Å². The molecule has 0 spiro atoms. The zero-order valence-electron chi connectivity index (χ0n) is 8.35. The third-order valence-corrected chi connectivity index (χ3v) is 2.82. The topological polar surface area (TPSA) is 56.7 Å². The number of hydrogen-bond acceptors (Lipinski definition) is 3. The molecular formula is C11H12N4. The summed E-state index contributed by atoms with van der Waals surface area (Å²) in [5, 5.41) is 8.18. The Morgan fingerprint density at radius 3 is 2.87 bits per heavy atom. The minimum Gasteiger partial charge on any atom is -0.381 e. The van der Waals surface area contributed by atoms with Gasteiger partial charge in [-0.25, -0.2) is 0 Å². The van der Waals surface area contributed by atoms with Gasteiger partial charge in [0, 0.05) is 0 Å². The van der Waals surface area contributed by atoms with Crippen LogP contribution in [0, 0.1) is 0 Å². The van der Waals surface area contributed by atoms with Gasteiger partial charge < -0.3 is 5.73 Å². The van der Waals surface area contributed by atoms with Crippen molar-refractivity contribution >= 4 is 5.82 Å². The van der Waals surface area contributed by atoms with Crippen molar-refractivity contribution < 1.29 is 0 Å². The van der Waals surface area contributed by atoms with Gasteiger partial charge in [0.05, 0.1) is 11.9 Å². The number of nitrogen functional groups attached to an aromatic ring is 1. The highest BCUT2D eigenvalue weighted by Gasteiger charge is 2.11. The van der Waals surface area contributed by atoms with Crippen molar-refractivity contribution in [3.05, 3.63) is 35.5 Å². The van der Waals surface area contributed by atoms with E-state index in [1.54, 1.807) is 11.0 Å². The Morgan fingerprint density at radius 1 is 1.20 bits per heavy atom. The number of fused-ring (bicyclic) bond motifs is 1. The molecule has 0 bridgehead atoms. The molecular weight excluding hydrogens is 188 g/mol. The highest BCUT2D eigenvalue weighted by molar-refractivity contribution is 5.42. The van der Waals surface area contributed by atoms with Crippen molar-refractivity contribution in [2.24, 2.45) is 0 Å². The first-order valence-corrected chi connectivity index (χ1v) is 5.13. The molecule has 1 aromatic heterocycles. The van der Waals surface area contributed by atoms with E-state index in [0.717, 1.165) is 5.69 Å². The average molecular weight is 200 g/mol. The normalized spacial score (nSPS) is 14.1. The molecule has 0 radical (unpaired) electrons. The van der Waals surface area contributed by atoms with Gasteiger partial charge in [0.2, 0.25) is 0 Å². The zero-order chi connectivity index (χ0) is 10.3. The largest absolute Gasteiger partial charge is 0.381 e. The van der Waals surface area contributed by atoms with Gasteiger partial charge >= 0.3 is 0 Å². The lowest BCUT2D eigenvalue weighted by molar-refractivity contribution is 0.753. The highest BCUT2D eigenvalue weighted by Crippen LogP contribution is 2.23. The molecule has 4 nitrogen and oxygen atoms in total. The van der Waals surface area contributed by atoms with E-state index in [4.69, 9.17) is 5.73 Å². The van der Waals surface area contributed by atoms with Gasteiger partial charge in [0.15, 0.2) is 5.82 Å². The standard InChI is InChI=1S/C11H12N4/c12-11-7-13-15(14-11)10-5-4-8-2-1-3-9(8)6-10/h4-7H,1-3H2,(H2,12,14). The van der Waals surface area contributed by atoms with Crippen LogP contribution in [0.25, 0.3) is 5.69 Å². The number of hydrogen-bond donors (Lipinski definition) is 1. The van der Waals surface area contributed by atoms with Crippen LogP contribution in [0.5, 0.6) is 0 Å². The Balaban J connectivity index is 2.06. The SMILES string of the molecule is Nc1cnn(-c2ccc3c(c2)CCC3)n1. The van der Waals surface area contributed by atoms with Crippen LogP contribution in [-0.2, 0) is 12.8 Å². The summed E-state index contributed by atoms with van der Waals surface area (Å²) in [6, 6.07) is 6.36. The average Bonchev–Trinajstić information content (AvgIpc) is 2.84. The number of nitrogens with two attached hydrogens (primary N) is 1. The van der Waals surface area contributed by atoms with E-state index in [0.29, 0.717) is 5.82 Å². The van der Waals surface area contributed by atoms with Gasteiger partial charge in [0.25, 0.3) is 0 Å². The molecule has 0 saturated heterocycles.